The summed E-state index contributed by atoms with van der Waals surface area (Å²) in [5.74, 6) is 1.27. The molecule has 0 fully saturated rings. The number of hydrogen-bond donors (Lipinski definition) is 1. The normalized spacial score (nSPS) is 11.4. The third-order valence-electron chi connectivity index (χ3n) is 3.64. The molecule has 0 bridgehead atoms. The van der Waals surface area contributed by atoms with Gasteiger partial charge >= 0.3 is 0 Å². The van der Waals surface area contributed by atoms with Crippen LogP contribution in [0.4, 0.5) is 5.69 Å². The minimum absolute atomic E-state index is 0.148. The summed E-state index contributed by atoms with van der Waals surface area (Å²) >= 11 is 0. The Balaban J connectivity index is 2.35. The van der Waals surface area contributed by atoms with Gasteiger partial charge in [0.05, 0.1) is 13.2 Å². The molecule has 0 saturated carbocycles. The molecule has 0 spiro atoms. The largest absolute Gasteiger partial charge is 0.494 e. The van der Waals surface area contributed by atoms with Gasteiger partial charge in [-0.3, -0.25) is 4.72 Å². The number of ether oxygens (including phenoxy) is 2. The van der Waals surface area contributed by atoms with E-state index in [1.54, 1.807) is 36.4 Å². The van der Waals surface area contributed by atoms with Gasteiger partial charge in [-0.15, -0.1) is 0 Å². The fourth-order valence-electron chi connectivity index (χ4n) is 2.36. The van der Waals surface area contributed by atoms with Crippen molar-refractivity contribution in [1.29, 1.82) is 0 Å². The van der Waals surface area contributed by atoms with Gasteiger partial charge in [0.2, 0.25) is 0 Å². The molecule has 0 radical (unpaired) electrons. The van der Waals surface area contributed by atoms with Crippen LogP contribution in [0.15, 0.2) is 47.4 Å². The van der Waals surface area contributed by atoms with Crippen molar-refractivity contribution in [3.63, 3.8) is 0 Å². The molecular weight excluding hydrogens is 338 g/mol. The van der Waals surface area contributed by atoms with Gasteiger partial charge in [-0.25, -0.2) is 8.42 Å². The Morgan fingerprint density at radius 3 is 2.16 bits per heavy atom. The molecule has 136 valence electrons. The van der Waals surface area contributed by atoms with E-state index >= 15 is 0 Å². The zero-order chi connectivity index (χ0) is 18.4. The molecule has 0 aromatic heterocycles. The smallest absolute Gasteiger partial charge is 0.265 e. The maximum Gasteiger partial charge on any atom is 0.265 e. The second-order valence-electron chi connectivity index (χ2n) is 5.86. The Morgan fingerprint density at radius 1 is 0.960 bits per heavy atom. The highest BCUT2D eigenvalue weighted by atomic mass is 32.2. The summed E-state index contributed by atoms with van der Waals surface area (Å²) in [5, 5.41) is 0. The van der Waals surface area contributed by atoms with Crippen molar-refractivity contribution in [2.45, 2.75) is 38.5 Å². The molecule has 0 atom stereocenters. The van der Waals surface area contributed by atoms with Crippen LogP contribution in [0, 0.1) is 0 Å². The Labute approximate surface area is 150 Å². The zero-order valence-corrected chi connectivity index (χ0v) is 15.9. The van der Waals surface area contributed by atoms with Crippen LogP contribution >= 0.6 is 0 Å². The first-order valence-electron chi connectivity index (χ1n) is 8.39. The average molecular weight is 363 g/mol. The topological polar surface area (TPSA) is 64.6 Å². The highest BCUT2D eigenvalue weighted by Crippen LogP contribution is 2.30. The van der Waals surface area contributed by atoms with Gasteiger partial charge in [0, 0.05) is 5.69 Å². The molecule has 0 unspecified atom stereocenters. The molecule has 0 saturated heterocycles. The molecule has 2 aromatic carbocycles. The molecule has 0 aliphatic heterocycles. The molecule has 0 aliphatic carbocycles. The highest BCUT2D eigenvalue weighted by molar-refractivity contribution is 7.92. The third kappa shape index (κ3) is 4.89. The Morgan fingerprint density at radius 2 is 1.60 bits per heavy atom. The lowest BCUT2D eigenvalue weighted by molar-refractivity contribution is 0.331. The predicted molar refractivity (Wildman–Crippen MR) is 100 cm³/mol. The van der Waals surface area contributed by atoms with E-state index in [1.807, 2.05) is 33.8 Å². The van der Waals surface area contributed by atoms with Crippen molar-refractivity contribution >= 4 is 15.7 Å². The minimum atomic E-state index is -3.76. The number of sulfonamides is 1. The van der Waals surface area contributed by atoms with Crippen LogP contribution in [0.2, 0.25) is 0 Å². The van der Waals surface area contributed by atoms with Crippen LogP contribution in [0.3, 0.4) is 0 Å². The second-order valence-corrected chi connectivity index (χ2v) is 7.51. The molecule has 0 heterocycles. The second kappa shape index (κ2) is 8.25. The van der Waals surface area contributed by atoms with E-state index in [0.717, 1.165) is 5.56 Å². The lowest BCUT2D eigenvalue weighted by Crippen LogP contribution is -2.15. The van der Waals surface area contributed by atoms with Gasteiger partial charge in [0.15, 0.2) is 0 Å². The molecule has 0 aliphatic rings. The molecule has 25 heavy (non-hydrogen) atoms. The number of rotatable bonds is 8. The van der Waals surface area contributed by atoms with Crippen molar-refractivity contribution < 1.29 is 17.9 Å². The Kier molecular flexibility index (Phi) is 6.31. The average Bonchev–Trinajstić information content (AvgIpc) is 2.57. The van der Waals surface area contributed by atoms with E-state index in [4.69, 9.17) is 9.47 Å². The summed E-state index contributed by atoms with van der Waals surface area (Å²) in [6, 6.07) is 12.1. The molecule has 2 aromatic rings. The van der Waals surface area contributed by atoms with Gasteiger partial charge in [-0.2, -0.15) is 0 Å². The van der Waals surface area contributed by atoms with Gasteiger partial charge < -0.3 is 9.47 Å². The van der Waals surface area contributed by atoms with E-state index in [-0.39, 0.29) is 10.8 Å². The summed E-state index contributed by atoms with van der Waals surface area (Å²) < 4.78 is 39.2. The first-order chi connectivity index (χ1) is 11.9. The molecular formula is C19H25NO4S. The first-order valence-corrected chi connectivity index (χ1v) is 9.88. The van der Waals surface area contributed by atoms with Crippen LogP contribution in [0.25, 0.3) is 0 Å². The van der Waals surface area contributed by atoms with Crippen LogP contribution in [0.1, 0.15) is 39.2 Å². The summed E-state index contributed by atoms with van der Waals surface area (Å²) in [6.45, 7) is 8.72. The van der Waals surface area contributed by atoms with E-state index in [2.05, 4.69) is 4.72 Å². The van der Waals surface area contributed by atoms with Crippen LogP contribution in [0.5, 0.6) is 11.5 Å². The lowest BCUT2D eigenvalue weighted by Gasteiger charge is -2.15. The lowest BCUT2D eigenvalue weighted by atomic mass is 10.0. The SMILES string of the molecule is CCOc1ccc(NS(=O)(=O)c2cc(C(C)C)ccc2OCC)cc1. The van der Waals surface area contributed by atoms with E-state index in [0.29, 0.717) is 30.4 Å². The number of nitrogens with one attached hydrogen (secondary N) is 1. The zero-order valence-electron chi connectivity index (χ0n) is 15.1. The van der Waals surface area contributed by atoms with Gasteiger partial charge in [0.25, 0.3) is 10.0 Å². The van der Waals surface area contributed by atoms with Crippen LogP contribution < -0.4 is 14.2 Å². The Hall–Kier alpha value is -2.21. The molecule has 2 rings (SSSR count). The quantitative estimate of drug-likeness (QED) is 0.754. The maximum atomic E-state index is 12.9. The minimum Gasteiger partial charge on any atom is -0.494 e. The van der Waals surface area contributed by atoms with Gasteiger partial charge in [-0.05, 0) is 61.7 Å². The highest BCUT2D eigenvalue weighted by Gasteiger charge is 2.21. The van der Waals surface area contributed by atoms with Crippen molar-refractivity contribution in [2.75, 3.05) is 17.9 Å². The van der Waals surface area contributed by atoms with Crippen molar-refractivity contribution in [1.82, 2.24) is 0 Å². The molecule has 6 heteroatoms. The Bertz CT molecular complexity index is 799. The summed E-state index contributed by atoms with van der Waals surface area (Å²) in [4.78, 5) is 0.148. The monoisotopic (exact) mass is 363 g/mol. The molecule has 0 amide bonds. The van der Waals surface area contributed by atoms with Gasteiger partial charge in [-0.1, -0.05) is 19.9 Å². The first kappa shape index (κ1) is 19.1. The number of benzene rings is 2. The van der Waals surface area contributed by atoms with Crippen LogP contribution in [-0.4, -0.2) is 21.6 Å². The summed E-state index contributed by atoms with van der Waals surface area (Å²) in [5.41, 5.74) is 1.41. The van der Waals surface area contributed by atoms with Crippen molar-refractivity contribution in [3.05, 3.63) is 48.0 Å². The van der Waals surface area contributed by atoms with E-state index in [9.17, 15) is 8.42 Å². The summed E-state index contributed by atoms with van der Waals surface area (Å²) in [6.07, 6.45) is 0. The van der Waals surface area contributed by atoms with Crippen LogP contribution in [-0.2, 0) is 10.0 Å². The molecule has 5 nitrogen and oxygen atoms in total. The maximum absolute atomic E-state index is 12.9. The predicted octanol–water partition coefficient (Wildman–Crippen LogP) is 4.41. The number of anilines is 1. The van der Waals surface area contributed by atoms with Crippen molar-refractivity contribution in [2.24, 2.45) is 0 Å². The fourth-order valence-corrected chi connectivity index (χ4v) is 3.60. The third-order valence-corrected chi connectivity index (χ3v) is 5.04. The number of hydrogen-bond acceptors (Lipinski definition) is 4. The fraction of sp³-hybridized carbons (Fsp3) is 0.368. The van der Waals surface area contributed by atoms with E-state index < -0.39 is 10.0 Å². The summed E-state index contributed by atoms with van der Waals surface area (Å²) in [7, 11) is -3.76. The van der Waals surface area contributed by atoms with Crippen molar-refractivity contribution in [3.8, 4) is 11.5 Å². The van der Waals surface area contributed by atoms with E-state index in [1.165, 1.54) is 0 Å². The molecule has 1 N–H and O–H groups in total. The van der Waals surface area contributed by atoms with Gasteiger partial charge in [0.1, 0.15) is 16.4 Å². The standard InChI is InChI=1S/C19H25NO4S/c1-5-23-17-10-8-16(9-11-17)20-25(21,22)19-13-15(14(3)4)7-12-18(19)24-6-2/h7-14,20H,5-6H2,1-4H3.